The maximum absolute atomic E-state index is 12.0. The van der Waals surface area contributed by atoms with Crippen molar-refractivity contribution in [1.82, 2.24) is 10.2 Å². The van der Waals surface area contributed by atoms with Crippen molar-refractivity contribution < 1.29 is 19.1 Å². The van der Waals surface area contributed by atoms with E-state index >= 15 is 0 Å². The Kier molecular flexibility index (Phi) is 5.98. The van der Waals surface area contributed by atoms with Crippen LogP contribution in [0.3, 0.4) is 0 Å². The molecule has 1 fully saturated rings. The third kappa shape index (κ3) is 4.45. The third-order valence-electron chi connectivity index (χ3n) is 3.58. The fourth-order valence-electron chi connectivity index (χ4n) is 2.33. The van der Waals surface area contributed by atoms with E-state index in [0.717, 1.165) is 10.5 Å². The Morgan fingerprint density at radius 1 is 1.26 bits per heavy atom. The average Bonchev–Trinajstić information content (AvgIpc) is 2.90. The predicted octanol–water partition coefficient (Wildman–Crippen LogP) is 2.41. The van der Waals surface area contributed by atoms with E-state index in [2.05, 4.69) is 5.32 Å². The Morgan fingerprint density at radius 3 is 2.43 bits per heavy atom. The van der Waals surface area contributed by atoms with Crippen LogP contribution in [0.5, 0.6) is 0 Å². The minimum Gasteiger partial charge on any atom is -0.445 e. The molecule has 1 aliphatic heterocycles. The van der Waals surface area contributed by atoms with Crippen LogP contribution in [0, 0.1) is 0 Å². The van der Waals surface area contributed by atoms with Gasteiger partial charge in [-0.1, -0.05) is 37.3 Å². The molecule has 2 rings (SSSR count). The van der Waals surface area contributed by atoms with E-state index in [1.165, 1.54) is 0 Å². The summed E-state index contributed by atoms with van der Waals surface area (Å²) in [5.74, 6) is -0.662. The first-order chi connectivity index (χ1) is 11.0. The minimum atomic E-state index is -0.896. The van der Waals surface area contributed by atoms with Crippen LogP contribution in [0.15, 0.2) is 30.3 Å². The first kappa shape index (κ1) is 17.3. The molecular formula is C16H19ClN2O4. The highest BCUT2D eigenvalue weighted by Crippen LogP contribution is 2.20. The standard InChI is InChI=1S/C16H19ClN2O4/c1-2-12(17)15(19-13(20)8-9-14(19)21)18-16(22)23-10-11-6-4-3-5-7-11/h3-7,12,15H,2,8-10H2,1H3,(H,18,22)/t12-,15+/m1/s1. The van der Waals surface area contributed by atoms with Crippen LogP contribution in [-0.4, -0.2) is 34.4 Å². The van der Waals surface area contributed by atoms with E-state index in [9.17, 15) is 14.4 Å². The van der Waals surface area contributed by atoms with Crippen molar-refractivity contribution in [2.24, 2.45) is 0 Å². The summed E-state index contributed by atoms with van der Waals surface area (Å²) in [4.78, 5) is 36.7. The van der Waals surface area contributed by atoms with Gasteiger partial charge in [-0.15, -0.1) is 11.6 Å². The van der Waals surface area contributed by atoms with Gasteiger partial charge < -0.3 is 4.74 Å². The van der Waals surface area contributed by atoms with Crippen molar-refractivity contribution in [1.29, 1.82) is 0 Å². The van der Waals surface area contributed by atoms with Crippen molar-refractivity contribution in [3.05, 3.63) is 35.9 Å². The maximum atomic E-state index is 12.0. The van der Waals surface area contributed by atoms with Gasteiger partial charge in [-0.05, 0) is 12.0 Å². The number of hydrogen-bond acceptors (Lipinski definition) is 4. The zero-order valence-corrected chi connectivity index (χ0v) is 13.6. The number of nitrogens with one attached hydrogen (secondary N) is 1. The number of rotatable bonds is 6. The van der Waals surface area contributed by atoms with Gasteiger partial charge in [0, 0.05) is 12.8 Å². The van der Waals surface area contributed by atoms with Crippen LogP contribution in [0.1, 0.15) is 31.7 Å². The monoisotopic (exact) mass is 338 g/mol. The molecule has 0 aromatic heterocycles. The molecule has 0 bridgehead atoms. The Morgan fingerprint density at radius 2 is 1.87 bits per heavy atom. The lowest BCUT2D eigenvalue weighted by molar-refractivity contribution is -0.141. The zero-order chi connectivity index (χ0) is 16.8. The van der Waals surface area contributed by atoms with Crippen LogP contribution in [-0.2, 0) is 20.9 Å². The Balaban J connectivity index is 1.98. The number of nitrogens with zero attached hydrogens (tertiary/aromatic N) is 1. The Labute approximate surface area is 139 Å². The van der Waals surface area contributed by atoms with Crippen molar-refractivity contribution >= 4 is 29.5 Å². The molecule has 2 atom stereocenters. The van der Waals surface area contributed by atoms with E-state index in [1.807, 2.05) is 37.3 Å². The number of likely N-dealkylation sites (tertiary alicyclic amines) is 1. The molecule has 1 aliphatic rings. The van der Waals surface area contributed by atoms with Crippen molar-refractivity contribution in [2.75, 3.05) is 0 Å². The second-order valence-corrected chi connectivity index (χ2v) is 5.79. The summed E-state index contributed by atoms with van der Waals surface area (Å²) < 4.78 is 5.13. The number of alkyl carbamates (subject to hydrolysis) is 1. The first-order valence-electron chi connectivity index (χ1n) is 7.49. The number of ether oxygens (including phenoxy) is 1. The number of benzene rings is 1. The summed E-state index contributed by atoms with van der Waals surface area (Å²) >= 11 is 6.19. The molecular weight excluding hydrogens is 320 g/mol. The molecule has 0 radical (unpaired) electrons. The average molecular weight is 339 g/mol. The molecule has 1 N–H and O–H groups in total. The molecule has 0 unspecified atom stereocenters. The summed E-state index contributed by atoms with van der Waals surface area (Å²) in [7, 11) is 0. The Hall–Kier alpha value is -2.08. The van der Waals surface area contributed by atoms with Gasteiger partial charge in [0.2, 0.25) is 11.8 Å². The highest BCUT2D eigenvalue weighted by atomic mass is 35.5. The van der Waals surface area contributed by atoms with Gasteiger partial charge in [-0.2, -0.15) is 0 Å². The highest BCUT2D eigenvalue weighted by molar-refractivity contribution is 6.21. The van der Waals surface area contributed by atoms with Crippen molar-refractivity contribution in [3.8, 4) is 0 Å². The molecule has 1 aromatic carbocycles. The van der Waals surface area contributed by atoms with Gasteiger partial charge in [-0.25, -0.2) is 4.79 Å². The van der Waals surface area contributed by atoms with Gasteiger partial charge in [0.15, 0.2) is 0 Å². The highest BCUT2D eigenvalue weighted by Gasteiger charge is 2.39. The van der Waals surface area contributed by atoms with E-state index in [0.29, 0.717) is 6.42 Å². The largest absolute Gasteiger partial charge is 0.445 e. The molecule has 0 saturated carbocycles. The van der Waals surface area contributed by atoms with E-state index < -0.39 is 17.6 Å². The first-order valence-corrected chi connectivity index (χ1v) is 7.92. The number of halogens is 1. The third-order valence-corrected chi connectivity index (χ3v) is 4.13. The second kappa shape index (κ2) is 7.97. The molecule has 1 saturated heterocycles. The van der Waals surface area contributed by atoms with E-state index in [1.54, 1.807) is 0 Å². The summed E-state index contributed by atoms with van der Waals surface area (Å²) in [6.45, 7) is 1.91. The van der Waals surface area contributed by atoms with Crippen molar-refractivity contribution in [2.45, 2.75) is 44.3 Å². The molecule has 7 heteroatoms. The van der Waals surface area contributed by atoms with Crippen LogP contribution < -0.4 is 5.32 Å². The van der Waals surface area contributed by atoms with Gasteiger partial charge in [0.05, 0.1) is 5.38 Å². The summed E-state index contributed by atoms with van der Waals surface area (Å²) in [5, 5.41) is 1.95. The molecule has 0 aliphatic carbocycles. The SMILES string of the molecule is CC[C@@H](Cl)[C@@H](NC(=O)OCc1ccccc1)N1C(=O)CCC1=O. The smallest absolute Gasteiger partial charge is 0.409 e. The normalized spacial score (nSPS) is 17.0. The lowest BCUT2D eigenvalue weighted by atomic mass is 10.2. The molecule has 124 valence electrons. The molecule has 1 aromatic rings. The fourth-order valence-corrected chi connectivity index (χ4v) is 2.51. The minimum absolute atomic E-state index is 0.0976. The van der Waals surface area contributed by atoms with Crippen molar-refractivity contribution in [3.63, 3.8) is 0 Å². The van der Waals surface area contributed by atoms with E-state index in [-0.39, 0.29) is 31.3 Å². The molecule has 1 heterocycles. The number of amides is 3. The maximum Gasteiger partial charge on any atom is 0.409 e. The quantitative estimate of drug-likeness (QED) is 0.638. The van der Waals surface area contributed by atoms with Gasteiger partial charge in [0.25, 0.3) is 0 Å². The lowest BCUT2D eigenvalue weighted by Crippen LogP contribution is -2.55. The van der Waals surface area contributed by atoms with Gasteiger partial charge in [-0.3, -0.25) is 19.8 Å². The number of carbonyl (C=O) groups excluding carboxylic acids is 3. The van der Waals surface area contributed by atoms with Gasteiger partial charge >= 0.3 is 6.09 Å². The molecule has 23 heavy (non-hydrogen) atoms. The molecule has 3 amide bonds. The van der Waals surface area contributed by atoms with Crippen LogP contribution in [0.2, 0.25) is 0 Å². The number of carbonyl (C=O) groups is 3. The van der Waals surface area contributed by atoms with Crippen LogP contribution >= 0.6 is 11.6 Å². The summed E-state index contributed by atoms with van der Waals surface area (Å²) in [6, 6.07) is 9.20. The number of alkyl halides is 1. The Bertz CT molecular complexity index is 563. The van der Waals surface area contributed by atoms with Gasteiger partial charge in [0.1, 0.15) is 12.8 Å². The van der Waals surface area contributed by atoms with Crippen LogP contribution in [0.25, 0.3) is 0 Å². The zero-order valence-electron chi connectivity index (χ0n) is 12.8. The lowest BCUT2D eigenvalue weighted by Gasteiger charge is -2.29. The summed E-state index contributed by atoms with van der Waals surface area (Å²) in [5.41, 5.74) is 0.838. The topological polar surface area (TPSA) is 75.7 Å². The fraction of sp³-hybridized carbons (Fsp3) is 0.438. The predicted molar refractivity (Wildman–Crippen MR) is 84.6 cm³/mol. The molecule has 6 nitrogen and oxygen atoms in total. The summed E-state index contributed by atoms with van der Waals surface area (Å²) in [6.07, 6.45) is -0.840. The number of hydrogen-bond donors (Lipinski definition) is 1. The second-order valence-electron chi connectivity index (χ2n) is 5.23. The molecule has 0 spiro atoms. The number of imide groups is 1. The van der Waals surface area contributed by atoms with E-state index in [4.69, 9.17) is 16.3 Å². The van der Waals surface area contributed by atoms with Crippen LogP contribution in [0.4, 0.5) is 4.79 Å².